The van der Waals surface area contributed by atoms with Crippen molar-refractivity contribution in [3.63, 3.8) is 0 Å². The van der Waals surface area contributed by atoms with E-state index in [-0.39, 0.29) is 5.76 Å². The molecule has 0 aliphatic rings. The van der Waals surface area contributed by atoms with Crippen molar-refractivity contribution < 1.29 is 9.21 Å². The first kappa shape index (κ1) is 18.9. The van der Waals surface area contributed by atoms with E-state index in [0.29, 0.717) is 24.8 Å². The van der Waals surface area contributed by atoms with E-state index < -0.39 is 5.91 Å². The van der Waals surface area contributed by atoms with Crippen LogP contribution in [0.2, 0.25) is 0 Å². The van der Waals surface area contributed by atoms with Crippen molar-refractivity contribution in [3.05, 3.63) is 53.0 Å². The molecule has 0 fully saturated rings. The molecule has 0 aliphatic carbocycles. The summed E-state index contributed by atoms with van der Waals surface area (Å²) in [6, 6.07) is 9.67. The largest absolute Gasteiger partial charge is 0.454 e. The van der Waals surface area contributed by atoms with Crippen LogP contribution in [0.4, 0.5) is 0 Å². The minimum atomic E-state index is -0.573. The van der Waals surface area contributed by atoms with E-state index >= 15 is 0 Å². The van der Waals surface area contributed by atoms with Crippen LogP contribution >= 0.6 is 11.8 Å². The van der Waals surface area contributed by atoms with Crippen LogP contribution in [-0.4, -0.2) is 24.7 Å². The predicted molar refractivity (Wildman–Crippen MR) is 102 cm³/mol. The lowest BCUT2D eigenvalue weighted by atomic mass is 10.1. The van der Waals surface area contributed by atoms with Gasteiger partial charge in [-0.3, -0.25) is 4.79 Å². The highest BCUT2D eigenvalue weighted by molar-refractivity contribution is 7.98. The van der Waals surface area contributed by atoms with E-state index in [0.717, 1.165) is 6.54 Å². The summed E-state index contributed by atoms with van der Waals surface area (Å²) >= 11 is 1.72. The lowest BCUT2D eigenvalue weighted by molar-refractivity contribution is 0.0972. The van der Waals surface area contributed by atoms with Crippen molar-refractivity contribution in [2.24, 2.45) is 10.7 Å². The summed E-state index contributed by atoms with van der Waals surface area (Å²) in [5.74, 6) is 0.894. The van der Waals surface area contributed by atoms with Gasteiger partial charge in [0.1, 0.15) is 5.76 Å². The van der Waals surface area contributed by atoms with Gasteiger partial charge in [0.15, 0.2) is 11.7 Å². The fourth-order valence-corrected chi connectivity index (χ4v) is 2.96. The molecule has 4 N–H and O–H groups in total. The van der Waals surface area contributed by atoms with Gasteiger partial charge in [-0.2, -0.15) is 0 Å². The number of hydrogen-bond donors (Lipinski definition) is 3. The molecule has 0 radical (unpaired) electrons. The Kier molecular flexibility index (Phi) is 6.94. The second kappa shape index (κ2) is 9.17. The first-order valence-corrected chi connectivity index (χ1v) is 9.30. The number of furan rings is 1. The van der Waals surface area contributed by atoms with Crippen LogP contribution in [0.5, 0.6) is 0 Å². The number of nitrogens with zero attached hydrogens (tertiary/aromatic N) is 1. The number of amides is 1. The van der Waals surface area contributed by atoms with Crippen LogP contribution in [0.1, 0.15) is 34.4 Å². The molecule has 1 aromatic heterocycles. The maximum atomic E-state index is 11.1. The summed E-state index contributed by atoms with van der Waals surface area (Å²) in [5, 5.41) is 6.39. The fourth-order valence-electron chi connectivity index (χ4n) is 2.26. The molecule has 134 valence electrons. The molecule has 1 aromatic carbocycles. The Morgan fingerprint density at radius 1 is 1.28 bits per heavy atom. The number of benzene rings is 1. The van der Waals surface area contributed by atoms with Gasteiger partial charge in [0.25, 0.3) is 5.91 Å². The third-order valence-corrected chi connectivity index (χ3v) is 4.35. The predicted octanol–water partition coefficient (Wildman–Crippen LogP) is 2.66. The number of rotatable bonds is 7. The molecule has 1 amide bonds. The zero-order valence-corrected chi connectivity index (χ0v) is 15.6. The van der Waals surface area contributed by atoms with Gasteiger partial charge in [0.05, 0.1) is 13.1 Å². The molecular weight excluding hydrogens is 336 g/mol. The number of aryl methyl sites for hydroxylation is 1. The highest BCUT2D eigenvalue weighted by atomic mass is 32.2. The fraction of sp³-hybridized carbons (Fsp3) is 0.333. The summed E-state index contributed by atoms with van der Waals surface area (Å²) in [6.07, 6.45) is 2.07. The lowest BCUT2D eigenvalue weighted by Gasteiger charge is -2.11. The molecule has 0 unspecified atom stereocenters. The highest BCUT2D eigenvalue weighted by Gasteiger charge is 2.08. The minimum absolute atomic E-state index is 0.156. The molecule has 0 bridgehead atoms. The number of primary amides is 1. The quantitative estimate of drug-likeness (QED) is 0.401. The first-order valence-electron chi connectivity index (χ1n) is 8.07. The third-order valence-electron chi connectivity index (χ3n) is 3.53. The summed E-state index contributed by atoms with van der Waals surface area (Å²) in [7, 11) is 0. The van der Waals surface area contributed by atoms with Gasteiger partial charge in [-0.1, -0.05) is 12.1 Å². The van der Waals surface area contributed by atoms with Crippen LogP contribution in [0.15, 0.2) is 44.6 Å². The molecule has 7 heteroatoms. The normalized spacial score (nSPS) is 11.4. The molecule has 0 atom stereocenters. The molecule has 0 saturated heterocycles. The van der Waals surface area contributed by atoms with Crippen LogP contribution < -0.4 is 16.4 Å². The summed E-state index contributed by atoms with van der Waals surface area (Å²) < 4.78 is 5.36. The Balaban J connectivity index is 2.03. The molecule has 0 saturated carbocycles. The van der Waals surface area contributed by atoms with E-state index in [1.165, 1.54) is 16.0 Å². The van der Waals surface area contributed by atoms with Crippen molar-refractivity contribution in [3.8, 4) is 0 Å². The van der Waals surface area contributed by atoms with Crippen molar-refractivity contribution in [2.75, 3.05) is 12.8 Å². The number of aliphatic imine (C=N–C) groups is 1. The number of nitrogens with one attached hydrogen (secondary N) is 2. The van der Waals surface area contributed by atoms with Crippen molar-refractivity contribution in [1.82, 2.24) is 10.6 Å². The molecule has 6 nitrogen and oxygen atoms in total. The molecule has 2 rings (SSSR count). The highest BCUT2D eigenvalue weighted by Crippen LogP contribution is 2.22. The standard InChI is InChI=1S/C18H24N4O2S/c1-4-20-18(22-11-14-7-8-15(24-14)17(19)23)21-10-13-6-5-12(2)9-16(13)25-3/h5-9H,4,10-11H2,1-3H3,(H2,19,23)(H2,20,21,22). The van der Waals surface area contributed by atoms with Gasteiger partial charge in [0, 0.05) is 11.4 Å². The number of carbonyl (C=O) groups excluding carboxylic acids is 1. The molecule has 2 aromatic rings. The summed E-state index contributed by atoms with van der Waals surface area (Å²) in [4.78, 5) is 16.9. The van der Waals surface area contributed by atoms with E-state index in [1.54, 1.807) is 23.9 Å². The average molecular weight is 360 g/mol. The lowest BCUT2D eigenvalue weighted by Crippen LogP contribution is -2.36. The minimum Gasteiger partial charge on any atom is -0.454 e. The van der Waals surface area contributed by atoms with E-state index in [1.807, 2.05) is 6.92 Å². The maximum Gasteiger partial charge on any atom is 0.284 e. The molecule has 0 aliphatic heterocycles. The monoisotopic (exact) mass is 360 g/mol. The first-order chi connectivity index (χ1) is 12.0. The van der Waals surface area contributed by atoms with Crippen molar-refractivity contribution in [1.29, 1.82) is 0 Å². The SMILES string of the molecule is CCNC(=NCc1ccc(C)cc1SC)NCc1ccc(C(N)=O)o1. The number of hydrogen-bond acceptors (Lipinski definition) is 4. The molecule has 25 heavy (non-hydrogen) atoms. The average Bonchev–Trinajstić information content (AvgIpc) is 3.07. The van der Waals surface area contributed by atoms with E-state index in [4.69, 9.17) is 10.2 Å². The molecule has 0 spiro atoms. The second-order valence-electron chi connectivity index (χ2n) is 5.49. The zero-order valence-electron chi connectivity index (χ0n) is 14.8. The number of carbonyl (C=O) groups is 1. The van der Waals surface area contributed by atoms with Crippen LogP contribution in [0.3, 0.4) is 0 Å². The van der Waals surface area contributed by atoms with Gasteiger partial charge in [-0.05, 0) is 49.4 Å². The van der Waals surface area contributed by atoms with Crippen LogP contribution in [0.25, 0.3) is 0 Å². The number of thioether (sulfide) groups is 1. The van der Waals surface area contributed by atoms with E-state index in [9.17, 15) is 4.79 Å². The van der Waals surface area contributed by atoms with Gasteiger partial charge in [-0.15, -0.1) is 11.8 Å². The Labute approximate surface area is 152 Å². The van der Waals surface area contributed by atoms with Crippen LogP contribution in [0, 0.1) is 6.92 Å². The van der Waals surface area contributed by atoms with E-state index in [2.05, 4.69) is 47.0 Å². The second-order valence-corrected chi connectivity index (χ2v) is 6.34. The number of nitrogens with two attached hydrogens (primary N) is 1. The third kappa shape index (κ3) is 5.56. The Morgan fingerprint density at radius 2 is 2.08 bits per heavy atom. The smallest absolute Gasteiger partial charge is 0.284 e. The topological polar surface area (TPSA) is 92.6 Å². The van der Waals surface area contributed by atoms with Gasteiger partial charge in [-0.25, -0.2) is 4.99 Å². The van der Waals surface area contributed by atoms with Crippen LogP contribution in [-0.2, 0) is 13.1 Å². The zero-order chi connectivity index (χ0) is 18.2. The summed E-state index contributed by atoms with van der Waals surface area (Å²) in [5.41, 5.74) is 7.62. The van der Waals surface area contributed by atoms with Gasteiger partial charge < -0.3 is 20.8 Å². The van der Waals surface area contributed by atoms with Gasteiger partial charge >= 0.3 is 0 Å². The maximum absolute atomic E-state index is 11.1. The Hall–Kier alpha value is -2.41. The summed E-state index contributed by atoms with van der Waals surface area (Å²) in [6.45, 7) is 5.84. The Bertz CT molecular complexity index is 755. The van der Waals surface area contributed by atoms with Crippen molar-refractivity contribution in [2.45, 2.75) is 31.8 Å². The van der Waals surface area contributed by atoms with Gasteiger partial charge in [0.2, 0.25) is 0 Å². The number of guanidine groups is 1. The molecule has 1 heterocycles. The van der Waals surface area contributed by atoms with Crippen molar-refractivity contribution >= 4 is 23.6 Å². The Morgan fingerprint density at radius 3 is 2.72 bits per heavy atom. The molecular formula is C18H24N4O2S.